The maximum absolute atomic E-state index is 13.8. The number of benzene rings is 1. The third kappa shape index (κ3) is 2.93. The predicted octanol–water partition coefficient (Wildman–Crippen LogP) is 2.82. The third-order valence-corrected chi connectivity index (χ3v) is 4.07. The number of fused-ring (bicyclic) bond motifs is 1. The first-order valence-electron chi connectivity index (χ1n) is 6.04. The van der Waals surface area contributed by atoms with Gasteiger partial charge in [0.05, 0.1) is 4.88 Å². The highest BCUT2D eigenvalue weighted by Gasteiger charge is 2.19. The Morgan fingerprint density at radius 2 is 2.16 bits per heavy atom. The van der Waals surface area contributed by atoms with Gasteiger partial charge in [-0.05, 0) is 38.5 Å². The molecule has 0 atom stereocenters. The van der Waals surface area contributed by atoms with E-state index in [4.69, 9.17) is 5.73 Å². The summed E-state index contributed by atoms with van der Waals surface area (Å²) in [7, 11) is 0. The molecule has 0 aliphatic carbocycles. The number of halogens is 1. The van der Waals surface area contributed by atoms with Gasteiger partial charge >= 0.3 is 0 Å². The Labute approximate surface area is 115 Å². The Kier molecular flexibility index (Phi) is 3.60. The molecule has 1 aromatic heterocycles. The van der Waals surface area contributed by atoms with E-state index >= 15 is 0 Å². The smallest absolute Gasteiger partial charge is 0.261 e. The largest absolute Gasteiger partial charge is 0.350 e. The second-order valence-corrected chi connectivity index (χ2v) is 6.39. The third-order valence-electron chi connectivity index (χ3n) is 2.81. The summed E-state index contributed by atoms with van der Waals surface area (Å²) in [6, 6.07) is 4.88. The van der Waals surface area contributed by atoms with E-state index in [1.807, 2.05) is 19.9 Å². The molecule has 0 fully saturated rings. The Hall–Kier alpha value is -1.46. The van der Waals surface area contributed by atoms with E-state index in [1.54, 1.807) is 13.0 Å². The normalized spacial score (nSPS) is 11.8. The van der Waals surface area contributed by atoms with Crippen molar-refractivity contribution in [2.24, 2.45) is 5.73 Å². The molecule has 0 saturated heterocycles. The highest BCUT2D eigenvalue weighted by Crippen LogP contribution is 2.32. The fraction of sp³-hybridized carbons (Fsp3) is 0.357. The van der Waals surface area contributed by atoms with Crippen molar-refractivity contribution in [2.45, 2.75) is 26.3 Å². The predicted molar refractivity (Wildman–Crippen MR) is 77.1 cm³/mol. The molecule has 3 N–H and O–H groups in total. The molecule has 2 aromatic rings. The van der Waals surface area contributed by atoms with Crippen LogP contribution in [-0.4, -0.2) is 18.0 Å². The minimum atomic E-state index is -0.467. The van der Waals surface area contributed by atoms with Crippen LogP contribution in [0, 0.1) is 12.7 Å². The molecular formula is C14H17FN2OS. The number of aryl methyl sites for hydroxylation is 1. The standard InChI is InChI=1S/C14H17FN2OS/c1-8-11-9(15)5-4-6-10(11)19-12(8)13(18)17-7-14(2,3)16/h4-6H,7,16H2,1-3H3,(H,17,18). The molecule has 0 aliphatic heterocycles. The maximum atomic E-state index is 13.8. The van der Waals surface area contributed by atoms with Gasteiger partial charge in [-0.1, -0.05) is 6.07 Å². The van der Waals surface area contributed by atoms with Crippen molar-refractivity contribution in [1.82, 2.24) is 5.32 Å². The Bertz CT molecular complexity index is 628. The van der Waals surface area contributed by atoms with Gasteiger partial charge in [0.1, 0.15) is 5.82 Å². The fourth-order valence-electron chi connectivity index (χ4n) is 1.86. The van der Waals surface area contributed by atoms with Crippen molar-refractivity contribution in [1.29, 1.82) is 0 Å². The van der Waals surface area contributed by atoms with Crippen molar-refractivity contribution < 1.29 is 9.18 Å². The number of carbonyl (C=O) groups excluding carboxylic acids is 1. The Morgan fingerprint density at radius 1 is 1.47 bits per heavy atom. The summed E-state index contributed by atoms with van der Waals surface area (Å²) in [5, 5.41) is 3.32. The van der Waals surface area contributed by atoms with Gasteiger partial charge in [-0.3, -0.25) is 4.79 Å². The number of nitrogens with two attached hydrogens (primary N) is 1. The molecule has 0 aliphatic rings. The van der Waals surface area contributed by atoms with E-state index in [9.17, 15) is 9.18 Å². The molecule has 1 aromatic carbocycles. The van der Waals surface area contributed by atoms with Crippen LogP contribution >= 0.6 is 11.3 Å². The lowest BCUT2D eigenvalue weighted by Crippen LogP contribution is -2.45. The molecule has 5 heteroatoms. The van der Waals surface area contributed by atoms with E-state index in [2.05, 4.69) is 5.32 Å². The van der Waals surface area contributed by atoms with Crippen LogP contribution in [0.2, 0.25) is 0 Å². The quantitative estimate of drug-likeness (QED) is 0.908. The van der Waals surface area contributed by atoms with Gasteiger partial charge in [-0.25, -0.2) is 4.39 Å². The van der Waals surface area contributed by atoms with Crippen LogP contribution in [0.5, 0.6) is 0 Å². The van der Waals surface area contributed by atoms with Crippen LogP contribution in [0.3, 0.4) is 0 Å². The van der Waals surface area contributed by atoms with Crippen LogP contribution in [0.1, 0.15) is 29.1 Å². The lowest BCUT2D eigenvalue weighted by molar-refractivity contribution is 0.0949. The van der Waals surface area contributed by atoms with E-state index in [-0.39, 0.29) is 11.7 Å². The van der Waals surface area contributed by atoms with Crippen molar-refractivity contribution in [3.05, 3.63) is 34.5 Å². The first-order chi connectivity index (χ1) is 8.79. The topological polar surface area (TPSA) is 55.1 Å². The highest BCUT2D eigenvalue weighted by molar-refractivity contribution is 7.21. The molecule has 0 radical (unpaired) electrons. The van der Waals surface area contributed by atoms with Crippen LogP contribution in [0.25, 0.3) is 10.1 Å². The number of hydrogen-bond acceptors (Lipinski definition) is 3. The molecule has 0 spiro atoms. The molecular weight excluding hydrogens is 263 g/mol. The summed E-state index contributed by atoms with van der Waals surface area (Å²) in [6.45, 7) is 5.82. The van der Waals surface area contributed by atoms with E-state index in [0.29, 0.717) is 22.4 Å². The monoisotopic (exact) mass is 280 g/mol. The number of hydrogen-bond donors (Lipinski definition) is 2. The second kappa shape index (κ2) is 4.90. The van der Waals surface area contributed by atoms with Crippen LogP contribution in [-0.2, 0) is 0 Å². The van der Waals surface area contributed by atoms with Gasteiger partial charge in [0.25, 0.3) is 5.91 Å². The minimum Gasteiger partial charge on any atom is -0.350 e. The Morgan fingerprint density at radius 3 is 2.74 bits per heavy atom. The number of nitrogens with one attached hydrogen (secondary N) is 1. The first-order valence-corrected chi connectivity index (χ1v) is 6.86. The van der Waals surface area contributed by atoms with Gasteiger partial charge < -0.3 is 11.1 Å². The molecule has 19 heavy (non-hydrogen) atoms. The summed E-state index contributed by atoms with van der Waals surface area (Å²) < 4.78 is 14.5. The minimum absolute atomic E-state index is 0.198. The molecule has 3 nitrogen and oxygen atoms in total. The van der Waals surface area contributed by atoms with Gasteiger partial charge in [-0.15, -0.1) is 11.3 Å². The molecule has 1 amide bonds. The zero-order valence-corrected chi connectivity index (χ0v) is 12.0. The molecule has 1 heterocycles. The highest BCUT2D eigenvalue weighted by atomic mass is 32.1. The first kappa shape index (κ1) is 14.0. The van der Waals surface area contributed by atoms with Crippen molar-refractivity contribution in [2.75, 3.05) is 6.54 Å². The van der Waals surface area contributed by atoms with Crippen molar-refractivity contribution >= 4 is 27.3 Å². The lowest BCUT2D eigenvalue weighted by Gasteiger charge is -2.18. The van der Waals surface area contributed by atoms with Crippen molar-refractivity contribution in [3.8, 4) is 0 Å². The number of thiophene rings is 1. The summed E-state index contributed by atoms with van der Waals surface area (Å²) in [4.78, 5) is 12.7. The van der Waals surface area contributed by atoms with E-state index in [1.165, 1.54) is 17.4 Å². The van der Waals surface area contributed by atoms with Crippen LogP contribution in [0.15, 0.2) is 18.2 Å². The van der Waals surface area contributed by atoms with Crippen LogP contribution < -0.4 is 11.1 Å². The summed E-state index contributed by atoms with van der Waals surface area (Å²) in [6.07, 6.45) is 0. The summed E-state index contributed by atoms with van der Waals surface area (Å²) in [5.41, 5.74) is 6.05. The fourth-order valence-corrected chi connectivity index (χ4v) is 3.00. The molecule has 0 unspecified atom stereocenters. The summed E-state index contributed by atoms with van der Waals surface area (Å²) >= 11 is 1.30. The second-order valence-electron chi connectivity index (χ2n) is 5.34. The SMILES string of the molecule is Cc1c(C(=O)NCC(C)(C)N)sc2cccc(F)c12. The average Bonchev–Trinajstić information content (AvgIpc) is 2.64. The van der Waals surface area contributed by atoms with E-state index < -0.39 is 5.54 Å². The lowest BCUT2D eigenvalue weighted by atomic mass is 10.1. The molecule has 0 bridgehead atoms. The van der Waals surface area contributed by atoms with Gasteiger partial charge in [-0.2, -0.15) is 0 Å². The molecule has 0 saturated carbocycles. The van der Waals surface area contributed by atoms with Gasteiger partial charge in [0.15, 0.2) is 0 Å². The zero-order valence-electron chi connectivity index (χ0n) is 11.2. The van der Waals surface area contributed by atoms with E-state index in [0.717, 1.165) is 4.70 Å². The zero-order chi connectivity index (χ0) is 14.2. The molecule has 102 valence electrons. The van der Waals surface area contributed by atoms with Crippen molar-refractivity contribution in [3.63, 3.8) is 0 Å². The van der Waals surface area contributed by atoms with Crippen LogP contribution in [0.4, 0.5) is 4.39 Å². The number of carbonyl (C=O) groups is 1. The number of rotatable bonds is 3. The maximum Gasteiger partial charge on any atom is 0.261 e. The summed E-state index contributed by atoms with van der Waals surface area (Å²) in [5.74, 6) is -0.485. The number of amides is 1. The Balaban J connectivity index is 2.33. The molecule has 2 rings (SSSR count). The van der Waals surface area contributed by atoms with Gasteiger partial charge in [0.2, 0.25) is 0 Å². The average molecular weight is 280 g/mol. The van der Waals surface area contributed by atoms with Gasteiger partial charge in [0, 0.05) is 22.2 Å².